The summed E-state index contributed by atoms with van der Waals surface area (Å²) in [6.45, 7) is 0. The lowest BCUT2D eigenvalue weighted by molar-refractivity contribution is -0.139. The van der Waals surface area contributed by atoms with E-state index >= 15 is 0 Å². The van der Waals surface area contributed by atoms with E-state index in [-0.39, 0.29) is 5.69 Å². The average molecular weight is 235 g/mol. The van der Waals surface area contributed by atoms with Crippen LogP contribution >= 0.6 is 0 Å². The van der Waals surface area contributed by atoms with E-state index in [0.29, 0.717) is 6.07 Å². The monoisotopic (exact) mass is 235 g/mol. The first-order chi connectivity index (χ1) is 7.34. The minimum atomic E-state index is -4.62. The molecular weight excluding hydrogens is 227 g/mol. The van der Waals surface area contributed by atoms with Crippen LogP contribution < -0.4 is 15.8 Å². The summed E-state index contributed by atoms with van der Waals surface area (Å²) < 4.78 is 41.9. The van der Waals surface area contributed by atoms with Gasteiger partial charge in [-0.05, 0) is 6.07 Å². The van der Waals surface area contributed by atoms with Crippen LogP contribution in [0.5, 0.6) is 5.88 Å². The van der Waals surface area contributed by atoms with E-state index in [0.717, 1.165) is 13.3 Å². The molecule has 0 saturated heterocycles. The molecule has 5 nitrogen and oxygen atoms in total. The van der Waals surface area contributed by atoms with Gasteiger partial charge in [0.05, 0.1) is 19.0 Å². The van der Waals surface area contributed by atoms with Gasteiger partial charge in [0, 0.05) is 0 Å². The lowest BCUT2D eigenvalue weighted by atomic mass is 10.2. The van der Waals surface area contributed by atoms with Crippen LogP contribution in [0.25, 0.3) is 0 Å². The predicted molar refractivity (Wildman–Crippen MR) is 49.0 cm³/mol. The number of urea groups is 1. The molecule has 1 rings (SSSR count). The molecule has 0 saturated carbocycles. The Hall–Kier alpha value is -1.99. The minimum absolute atomic E-state index is 0.152. The van der Waals surface area contributed by atoms with Crippen molar-refractivity contribution in [1.29, 1.82) is 0 Å². The zero-order valence-corrected chi connectivity index (χ0v) is 8.13. The number of nitrogens with zero attached hydrogens (tertiary/aromatic N) is 1. The molecule has 0 aliphatic heterocycles. The van der Waals surface area contributed by atoms with Crippen molar-refractivity contribution in [1.82, 2.24) is 4.98 Å². The third-order valence-electron chi connectivity index (χ3n) is 1.62. The molecule has 3 N–H and O–H groups in total. The van der Waals surface area contributed by atoms with E-state index in [1.807, 2.05) is 5.32 Å². The molecule has 1 heterocycles. The molecule has 1 aromatic rings. The number of hydrogen-bond donors (Lipinski definition) is 2. The lowest BCUT2D eigenvalue weighted by Crippen LogP contribution is -2.20. The van der Waals surface area contributed by atoms with Crippen molar-refractivity contribution in [2.75, 3.05) is 12.4 Å². The Morgan fingerprint density at radius 1 is 1.56 bits per heavy atom. The Balaban J connectivity index is 3.16. The molecule has 0 atom stereocenters. The number of primary amides is 1. The number of ether oxygens (including phenoxy) is 1. The number of nitrogens with two attached hydrogens (primary N) is 1. The number of carbonyl (C=O) groups excluding carboxylic acids is 1. The first kappa shape index (κ1) is 12.1. The Bertz CT molecular complexity index is 406. The van der Waals surface area contributed by atoms with Gasteiger partial charge >= 0.3 is 12.2 Å². The molecule has 0 fully saturated rings. The maximum absolute atomic E-state index is 12.5. The molecule has 0 spiro atoms. The highest BCUT2D eigenvalue weighted by Crippen LogP contribution is 2.36. The zero-order chi connectivity index (χ0) is 12.3. The predicted octanol–water partition coefficient (Wildman–Crippen LogP) is 1.60. The van der Waals surface area contributed by atoms with Gasteiger partial charge in [-0.25, -0.2) is 9.78 Å². The van der Waals surface area contributed by atoms with Crippen molar-refractivity contribution in [2.24, 2.45) is 5.73 Å². The number of hydrogen-bond acceptors (Lipinski definition) is 3. The summed E-state index contributed by atoms with van der Waals surface area (Å²) in [4.78, 5) is 13.9. The molecule has 2 amide bonds. The number of amides is 2. The Labute approximate surface area is 88.4 Å². The van der Waals surface area contributed by atoms with Gasteiger partial charge in [-0.3, -0.25) is 0 Å². The summed E-state index contributed by atoms with van der Waals surface area (Å²) in [5.74, 6) is -0.567. The molecule has 0 aromatic carbocycles. The van der Waals surface area contributed by atoms with Crippen molar-refractivity contribution < 1.29 is 22.7 Å². The van der Waals surface area contributed by atoms with Crippen molar-refractivity contribution in [3.63, 3.8) is 0 Å². The number of methoxy groups -OCH3 is 1. The maximum Gasteiger partial charge on any atom is 0.421 e. The summed E-state index contributed by atoms with van der Waals surface area (Å²) in [6.07, 6.45) is -3.60. The van der Waals surface area contributed by atoms with Crippen LogP contribution in [-0.4, -0.2) is 18.1 Å². The number of anilines is 1. The second-order valence-corrected chi connectivity index (χ2v) is 2.77. The number of pyridine rings is 1. The molecule has 0 bridgehead atoms. The minimum Gasteiger partial charge on any atom is -0.481 e. The van der Waals surface area contributed by atoms with Crippen LogP contribution in [0.1, 0.15) is 5.56 Å². The van der Waals surface area contributed by atoms with E-state index in [1.165, 1.54) is 0 Å². The highest BCUT2D eigenvalue weighted by atomic mass is 19.4. The zero-order valence-electron chi connectivity index (χ0n) is 8.13. The van der Waals surface area contributed by atoms with Crippen molar-refractivity contribution >= 4 is 11.7 Å². The highest BCUT2D eigenvalue weighted by Gasteiger charge is 2.35. The normalized spacial score (nSPS) is 11.0. The number of aromatic nitrogens is 1. The molecule has 1 aromatic heterocycles. The van der Waals surface area contributed by atoms with E-state index in [9.17, 15) is 18.0 Å². The van der Waals surface area contributed by atoms with E-state index in [2.05, 4.69) is 9.72 Å². The first-order valence-electron chi connectivity index (χ1n) is 4.02. The second-order valence-electron chi connectivity index (χ2n) is 2.77. The number of rotatable bonds is 2. The third-order valence-corrected chi connectivity index (χ3v) is 1.62. The Morgan fingerprint density at radius 3 is 2.62 bits per heavy atom. The van der Waals surface area contributed by atoms with Crippen LogP contribution in [0.15, 0.2) is 12.3 Å². The van der Waals surface area contributed by atoms with Crippen LogP contribution in [0, 0.1) is 0 Å². The van der Waals surface area contributed by atoms with Crippen LogP contribution in [0.4, 0.5) is 23.7 Å². The average Bonchev–Trinajstić information content (AvgIpc) is 2.15. The van der Waals surface area contributed by atoms with Gasteiger partial charge in [0.2, 0.25) is 5.88 Å². The van der Waals surface area contributed by atoms with Crippen molar-refractivity contribution in [3.8, 4) is 5.88 Å². The van der Waals surface area contributed by atoms with Crippen LogP contribution in [0.2, 0.25) is 0 Å². The van der Waals surface area contributed by atoms with Crippen molar-refractivity contribution in [2.45, 2.75) is 6.18 Å². The second kappa shape index (κ2) is 4.25. The topological polar surface area (TPSA) is 77.2 Å². The number of halogens is 3. The maximum atomic E-state index is 12.5. The van der Waals surface area contributed by atoms with Gasteiger partial charge < -0.3 is 15.8 Å². The molecule has 0 aliphatic rings. The molecular formula is C8H8F3N3O2. The smallest absolute Gasteiger partial charge is 0.421 e. The standard InChI is InChI=1S/C8H8F3N3O2/c1-16-6-5(8(9,10)11)2-4(3-13-6)14-7(12)15/h2-3H,1H3,(H3,12,14,15). The fourth-order valence-electron chi connectivity index (χ4n) is 1.03. The molecule has 16 heavy (non-hydrogen) atoms. The van der Waals surface area contributed by atoms with Gasteiger partial charge in [-0.15, -0.1) is 0 Å². The van der Waals surface area contributed by atoms with Crippen LogP contribution in [0.3, 0.4) is 0 Å². The molecule has 8 heteroatoms. The van der Waals surface area contributed by atoms with Gasteiger partial charge in [0.25, 0.3) is 0 Å². The van der Waals surface area contributed by atoms with E-state index < -0.39 is 23.7 Å². The summed E-state index contributed by atoms with van der Waals surface area (Å²) >= 11 is 0. The number of nitrogens with one attached hydrogen (secondary N) is 1. The van der Waals surface area contributed by atoms with E-state index in [1.54, 1.807) is 0 Å². The Morgan fingerprint density at radius 2 is 2.19 bits per heavy atom. The Kier molecular flexibility index (Phi) is 3.21. The SMILES string of the molecule is COc1ncc(NC(N)=O)cc1C(F)(F)F. The summed E-state index contributed by atoms with van der Waals surface area (Å²) in [5.41, 5.74) is 3.53. The van der Waals surface area contributed by atoms with E-state index in [4.69, 9.17) is 5.73 Å². The van der Waals surface area contributed by atoms with Gasteiger partial charge in [0.1, 0.15) is 5.56 Å². The summed E-state index contributed by atoms with van der Waals surface area (Å²) in [7, 11) is 1.07. The largest absolute Gasteiger partial charge is 0.481 e. The third kappa shape index (κ3) is 2.75. The quantitative estimate of drug-likeness (QED) is 0.817. The highest BCUT2D eigenvalue weighted by molar-refractivity contribution is 5.87. The van der Waals surface area contributed by atoms with Gasteiger partial charge in [-0.1, -0.05) is 0 Å². The molecule has 0 radical (unpaired) electrons. The fraction of sp³-hybridized carbons (Fsp3) is 0.250. The van der Waals surface area contributed by atoms with Crippen LogP contribution in [-0.2, 0) is 6.18 Å². The van der Waals surface area contributed by atoms with Gasteiger partial charge in [-0.2, -0.15) is 13.2 Å². The molecule has 0 unspecified atom stereocenters. The number of carbonyl (C=O) groups is 1. The first-order valence-corrected chi connectivity index (χ1v) is 4.02. The fourth-order valence-corrected chi connectivity index (χ4v) is 1.03. The molecule has 0 aliphatic carbocycles. The molecule has 88 valence electrons. The summed E-state index contributed by atoms with van der Waals surface area (Å²) in [6, 6.07) is -0.281. The van der Waals surface area contributed by atoms with Gasteiger partial charge in [0.15, 0.2) is 0 Å². The summed E-state index contributed by atoms with van der Waals surface area (Å²) in [5, 5.41) is 1.99. The number of alkyl halides is 3. The van der Waals surface area contributed by atoms with Crippen molar-refractivity contribution in [3.05, 3.63) is 17.8 Å². The lowest BCUT2D eigenvalue weighted by Gasteiger charge is -2.12.